The largest absolute Gasteiger partial charge is 0.419 e. The lowest BCUT2D eigenvalue weighted by atomic mass is 10.1. The number of nitrogens with one attached hydrogen (secondary N) is 1. The highest BCUT2D eigenvalue weighted by Gasteiger charge is 2.23. The van der Waals surface area contributed by atoms with E-state index in [1.54, 1.807) is 18.2 Å². The van der Waals surface area contributed by atoms with Gasteiger partial charge in [0.15, 0.2) is 0 Å². The van der Waals surface area contributed by atoms with E-state index in [1.807, 2.05) is 48.5 Å². The van der Waals surface area contributed by atoms with E-state index in [0.717, 1.165) is 12.0 Å². The minimum absolute atomic E-state index is 0.306. The molecule has 4 aromatic rings. The van der Waals surface area contributed by atoms with Crippen LogP contribution in [0.5, 0.6) is 0 Å². The van der Waals surface area contributed by atoms with Crippen molar-refractivity contribution >= 4 is 0 Å². The fourth-order valence-electron chi connectivity index (χ4n) is 3.09. The Balaban J connectivity index is 1.58. The number of hydrogen-bond acceptors (Lipinski definition) is 4. The number of benzene rings is 3. The Labute approximate surface area is 163 Å². The van der Waals surface area contributed by atoms with Crippen LogP contribution in [0.4, 0.5) is 4.39 Å². The van der Waals surface area contributed by atoms with E-state index in [1.165, 1.54) is 11.6 Å². The molecule has 0 bridgehead atoms. The highest BCUT2D eigenvalue weighted by Crippen LogP contribution is 2.26. The molecule has 1 aromatic heterocycles. The summed E-state index contributed by atoms with van der Waals surface area (Å²) >= 11 is 0. The summed E-state index contributed by atoms with van der Waals surface area (Å²) in [5.41, 5.74) is 2.52. The van der Waals surface area contributed by atoms with E-state index >= 15 is 0 Å². The number of nitrogens with zero attached hydrogens (tertiary/aromatic N) is 2. The Bertz CT molecular complexity index is 1020. The second kappa shape index (κ2) is 8.59. The number of hydrogen-bond donors (Lipinski definition) is 1. The molecule has 4 nitrogen and oxygen atoms in total. The standard InChI is InChI=1S/C23H20FN3O/c24-20-14-8-7-13-19(20)21(25-16-15-17-9-3-1-4-10-17)23-27-26-22(28-23)18-11-5-2-6-12-18/h1-14,21,25H,15-16H2/t21-/m1/s1. The maximum absolute atomic E-state index is 14.5. The van der Waals surface area contributed by atoms with Crippen LogP contribution >= 0.6 is 0 Å². The molecule has 0 radical (unpaired) electrons. The van der Waals surface area contributed by atoms with Gasteiger partial charge in [0.1, 0.15) is 11.9 Å². The summed E-state index contributed by atoms with van der Waals surface area (Å²) in [5, 5.41) is 11.7. The number of halogens is 1. The first-order valence-corrected chi connectivity index (χ1v) is 9.22. The van der Waals surface area contributed by atoms with Gasteiger partial charge in [0, 0.05) is 17.7 Å². The maximum Gasteiger partial charge on any atom is 0.247 e. The minimum Gasteiger partial charge on any atom is -0.419 e. The molecule has 28 heavy (non-hydrogen) atoms. The minimum atomic E-state index is -0.519. The molecule has 3 aromatic carbocycles. The van der Waals surface area contributed by atoms with Crippen LogP contribution in [0.25, 0.3) is 11.5 Å². The highest BCUT2D eigenvalue weighted by atomic mass is 19.1. The third-order valence-electron chi connectivity index (χ3n) is 4.53. The average Bonchev–Trinajstić information content (AvgIpc) is 3.23. The van der Waals surface area contributed by atoms with E-state index in [0.29, 0.717) is 23.9 Å². The van der Waals surface area contributed by atoms with Gasteiger partial charge in [0.25, 0.3) is 0 Å². The van der Waals surface area contributed by atoms with Crippen LogP contribution in [0, 0.1) is 5.82 Å². The summed E-state index contributed by atoms with van der Waals surface area (Å²) in [6.07, 6.45) is 0.811. The molecule has 1 N–H and O–H groups in total. The van der Waals surface area contributed by atoms with Crippen LogP contribution in [-0.2, 0) is 6.42 Å². The Hall–Kier alpha value is -3.31. The second-order valence-corrected chi connectivity index (χ2v) is 6.46. The van der Waals surface area contributed by atoms with E-state index in [2.05, 4.69) is 27.6 Å². The quantitative estimate of drug-likeness (QED) is 0.506. The third-order valence-corrected chi connectivity index (χ3v) is 4.53. The van der Waals surface area contributed by atoms with Crippen molar-refractivity contribution in [3.63, 3.8) is 0 Å². The maximum atomic E-state index is 14.5. The van der Waals surface area contributed by atoms with Crippen molar-refractivity contribution in [2.45, 2.75) is 12.5 Å². The smallest absolute Gasteiger partial charge is 0.247 e. The van der Waals surface area contributed by atoms with Crippen molar-refractivity contribution in [2.24, 2.45) is 0 Å². The van der Waals surface area contributed by atoms with Gasteiger partial charge in [-0.1, -0.05) is 66.7 Å². The Morgan fingerprint density at radius 2 is 1.50 bits per heavy atom. The van der Waals surface area contributed by atoms with Crippen LogP contribution < -0.4 is 5.32 Å². The van der Waals surface area contributed by atoms with Gasteiger partial charge < -0.3 is 9.73 Å². The van der Waals surface area contributed by atoms with E-state index in [4.69, 9.17) is 4.42 Å². The molecule has 5 heteroatoms. The lowest BCUT2D eigenvalue weighted by Gasteiger charge is -2.16. The summed E-state index contributed by atoms with van der Waals surface area (Å²) in [4.78, 5) is 0. The van der Waals surface area contributed by atoms with Crippen molar-refractivity contribution in [3.8, 4) is 11.5 Å². The summed E-state index contributed by atoms with van der Waals surface area (Å²) < 4.78 is 20.4. The van der Waals surface area contributed by atoms with Crippen molar-refractivity contribution in [3.05, 3.63) is 108 Å². The second-order valence-electron chi connectivity index (χ2n) is 6.46. The SMILES string of the molecule is Fc1ccccc1[C@@H](NCCc1ccccc1)c1nnc(-c2ccccc2)o1. The molecule has 0 aliphatic carbocycles. The fraction of sp³-hybridized carbons (Fsp3) is 0.130. The van der Waals surface area contributed by atoms with Crippen LogP contribution in [0.3, 0.4) is 0 Å². The Morgan fingerprint density at radius 3 is 2.25 bits per heavy atom. The third kappa shape index (κ3) is 4.15. The zero-order valence-electron chi connectivity index (χ0n) is 15.3. The molecule has 0 aliphatic rings. The van der Waals surface area contributed by atoms with Gasteiger partial charge in [-0.3, -0.25) is 0 Å². The average molecular weight is 373 g/mol. The molecule has 0 saturated heterocycles. The number of rotatable bonds is 7. The lowest BCUT2D eigenvalue weighted by Crippen LogP contribution is -2.26. The monoisotopic (exact) mass is 373 g/mol. The summed E-state index contributed by atoms with van der Waals surface area (Å²) in [6, 6.07) is 25.8. The Kier molecular flexibility index (Phi) is 5.54. The van der Waals surface area contributed by atoms with Gasteiger partial charge in [-0.2, -0.15) is 0 Å². The van der Waals surface area contributed by atoms with E-state index in [-0.39, 0.29) is 5.82 Å². The molecule has 1 heterocycles. The first-order chi connectivity index (χ1) is 13.8. The highest BCUT2D eigenvalue weighted by molar-refractivity contribution is 5.51. The summed E-state index contributed by atoms with van der Waals surface area (Å²) in [6.45, 7) is 0.645. The molecule has 0 amide bonds. The lowest BCUT2D eigenvalue weighted by molar-refractivity contribution is 0.430. The fourth-order valence-corrected chi connectivity index (χ4v) is 3.09. The first-order valence-electron chi connectivity index (χ1n) is 9.22. The zero-order valence-corrected chi connectivity index (χ0v) is 15.3. The molecule has 0 fully saturated rings. The molecule has 0 unspecified atom stereocenters. The van der Waals surface area contributed by atoms with Gasteiger partial charge in [-0.15, -0.1) is 10.2 Å². The number of aromatic nitrogens is 2. The van der Waals surface area contributed by atoms with Crippen LogP contribution in [0.2, 0.25) is 0 Å². The predicted molar refractivity (Wildman–Crippen MR) is 106 cm³/mol. The van der Waals surface area contributed by atoms with Crippen molar-refractivity contribution in [1.82, 2.24) is 15.5 Å². The van der Waals surface area contributed by atoms with E-state index < -0.39 is 6.04 Å². The molecular formula is C23H20FN3O. The van der Waals surface area contributed by atoms with Crippen molar-refractivity contribution in [1.29, 1.82) is 0 Å². The van der Waals surface area contributed by atoms with Crippen LogP contribution in [0.15, 0.2) is 89.3 Å². The topological polar surface area (TPSA) is 51.0 Å². The van der Waals surface area contributed by atoms with Gasteiger partial charge in [0.2, 0.25) is 11.8 Å². The summed E-state index contributed by atoms with van der Waals surface area (Å²) in [5.74, 6) is 0.456. The molecule has 140 valence electrons. The molecule has 4 rings (SSSR count). The van der Waals surface area contributed by atoms with Gasteiger partial charge in [0.05, 0.1) is 0 Å². The van der Waals surface area contributed by atoms with E-state index in [9.17, 15) is 4.39 Å². The predicted octanol–water partition coefficient (Wildman–Crippen LogP) is 4.80. The molecular weight excluding hydrogens is 353 g/mol. The molecule has 0 spiro atoms. The van der Waals surface area contributed by atoms with Gasteiger partial charge >= 0.3 is 0 Å². The molecule has 0 aliphatic heterocycles. The van der Waals surface area contributed by atoms with Gasteiger partial charge in [-0.25, -0.2) is 4.39 Å². The first kappa shape index (κ1) is 18.1. The van der Waals surface area contributed by atoms with Crippen molar-refractivity contribution in [2.75, 3.05) is 6.54 Å². The van der Waals surface area contributed by atoms with Crippen LogP contribution in [0.1, 0.15) is 23.1 Å². The van der Waals surface area contributed by atoms with Gasteiger partial charge in [-0.05, 0) is 30.2 Å². The zero-order chi connectivity index (χ0) is 19.2. The van der Waals surface area contributed by atoms with Crippen molar-refractivity contribution < 1.29 is 8.81 Å². The van der Waals surface area contributed by atoms with Crippen LogP contribution in [-0.4, -0.2) is 16.7 Å². The normalized spacial score (nSPS) is 12.0. The Morgan fingerprint density at radius 1 is 0.821 bits per heavy atom. The molecule has 0 saturated carbocycles. The summed E-state index contributed by atoms with van der Waals surface area (Å²) in [7, 11) is 0. The molecule has 1 atom stereocenters.